The molecule has 0 saturated carbocycles. The fraction of sp³-hybridized carbons (Fsp3) is 0.318. The van der Waals surface area contributed by atoms with Crippen LogP contribution in [0.4, 0.5) is 0 Å². The predicted octanol–water partition coefficient (Wildman–Crippen LogP) is 3.24. The minimum absolute atomic E-state index is 0.0116. The van der Waals surface area contributed by atoms with Crippen molar-refractivity contribution in [3.8, 4) is 0 Å². The van der Waals surface area contributed by atoms with E-state index < -0.39 is 0 Å². The highest BCUT2D eigenvalue weighted by atomic mass is 16.2. The number of amides is 1. The Kier molecular flexibility index (Phi) is 4.52. The summed E-state index contributed by atoms with van der Waals surface area (Å²) in [6.07, 6.45) is 3.07. The highest BCUT2D eigenvalue weighted by Crippen LogP contribution is 2.33. The smallest absolute Gasteiger partial charge is 0.261 e. The fourth-order valence-corrected chi connectivity index (χ4v) is 4.02. The molecule has 0 radical (unpaired) electrons. The van der Waals surface area contributed by atoms with Gasteiger partial charge in [-0.05, 0) is 49.4 Å². The Morgan fingerprint density at radius 2 is 1.93 bits per heavy atom. The molecule has 138 valence electrons. The second kappa shape index (κ2) is 6.99. The molecule has 1 amide bonds. The largest absolute Gasteiger partial charge is 0.337 e. The van der Waals surface area contributed by atoms with E-state index in [-0.39, 0.29) is 24.1 Å². The van der Waals surface area contributed by atoms with Gasteiger partial charge in [-0.15, -0.1) is 0 Å². The second-order valence-electron chi connectivity index (χ2n) is 7.18. The van der Waals surface area contributed by atoms with Gasteiger partial charge in [0, 0.05) is 7.05 Å². The molecule has 2 aromatic carbocycles. The maximum atomic E-state index is 13.0. The zero-order valence-corrected chi connectivity index (χ0v) is 15.7. The molecular weight excluding hydrogens is 338 g/mol. The van der Waals surface area contributed by atoms with Gasteiger partial charge >= 0.3 is 0 Å². The fourth-order valence-electron chi connectivity index (χ4n) is 4.02. The topological polar surface area (TPSA) is 55.2 Å². The first kappa shape index (κ1) is 17.5. The zero-order valence-electron chi connectivity index (χ0n) is 15.7. The first-order valence-corrected chi connectivity index (χ1v) is 9.36. The van der Waals surface area contributed by atoms with Gasteiger partial charge in [-0.3, -0.25) is 14.2 Å². The molecule has 3 aromatic rings. The quantitative estimate of drug-likeness (QED) is 0.720. The van der Waals surface area contributed by atoms with Crippen LogP contribution in [0.3, 0.4) is 0 Å². The summed E-state index contributed by atoms with van der Waals surface area (Å²) in [6.45, 7) is 1.79. The minimum atomic E-state index is -0.163. The summed E-state index contributed by atoms with van der Waals surface area (Å²) in [6, 6.07) is 15.6. The molecule has 1 aromatic heterocycles. The molecule has 0 bridgehead atoms. The lowest BCUT2D eigenvalue weighted by Gasteiger charge is -2.33. The number of likely N-dealkylation sites (N-methyl/N-ethyl adjacent to an activating group) is 1. The lowest BCUT2D eigenvalue weighted by Crippen LogP contribution is -2.38. The van der Waals surface area contributed by atoms with Crippen molar-refractivity contribution in [3.63, 3.8) is 0 Å². The van der Waals surface area contributed by atoms with Crippen molar-refractivity contribution >= 4 is 16.8 Å². The van der Waals surface area contributed by atoms with Crippen LogP contribution in [0.5, 0.6) is 0 Å². The molecule has 1 aliphatic rings. The van der Waals surface area contributed by atoms with E-state index in [1.165, 1.54) is 15.7 Å². The summed E-state index contributed by atoms with van der Waals surface area (Å²) in [4.78, 5) is 32.1. The van der Waals surface area contributed by atoms with Crippen molar-refractivity contribution < 1.29 is 4.79 Å². The average molecular weight is 361 g/mol. The van der Waals surface area contributed by atoms with Gasteiger partial charge in [0.2, 0.25) is 5.91 Å². The molecule has 5 nitrogen and oxygen atoms in total. The summed E-state index contributed by atoms with van der Waals surface area (Å²) >= 11 is 0. The van der Waals surface area contributed by atoms with Crippen LogP contribution in [0.1, 0.15) is 35.8 Å². The molecule has 0 fully saturated rings. The van der Waals surface area contributed by atoms with E-state index in [0.29, 0.717) is 16.7 Å². The number of nitrogens with zero attached hydrogens (tertiary/aromatic N) is 3. The number of aryl methyl sites for hydroxylation is 2. The van der Waals surface area contributed by atoms with E-state index in [9.17, 15) is 9.59 Å². The van der Waals surface area contributed by atoms with Crippen LogP contribution >= 0.6 is 0 Å². The van der Waals surface area contributed by atoms with Crippen LogP contribution < -0.4 is 5.56 Å². The lowest BCUT2D eigenvalue weighted by atomic mass is 9.87. The van der Waals surface area contributed by atoms with Gasteiger partial charge in [-0.25, -0.2) is 4.98 Å². The number of benzene rings is 2. The van der Waals surface area contributed by atoms with E-state index in [2.05, 4.69) is 17.1 Å². The van der Waals surface area contributed by atoms with E-state index in [1.807, 2.05) is 37.4 Å². The molecule has 1 atom stereocenters. The Balaban J connectivity index is 1.64. The van der Waals surface area contributed by atoms with Crippen LogP contribution in [0.15, 0.2) is 53.3 Å². The van der Waals surface area contributed by atoms with Crippen molar-refractivity contribution in [2.75, 3.05) is 7.05 Å². The number of fused-ring (bicyclic) bond motifs is 2. The average Bonchev–Trinajstić information content (AvgIpc) is 2.70. The Morgan fingerprint density at radius 1 is 1.19 bits per heavy atom. The first-order valence-electron chi connectivity index (χ1n) is 9.36. The normalized spacial score (nSPS) is 16.1. The third-order valence-electron chi connectivity index (χ3n) is 5.54. The summed E-state index contributed by atoms with van der Waals surface area (Å²) < 4.78 is 1.48. The molecule has 0 saturated heterocycles. The number of rotatable bonds is 3. The molecule has 27 heavy (non-hydrogen) atoms. The van der Waals surface area contributed by atoms with E-state index in [4.69, 9.17) is 0 Å². The van der Waals surface area contributed by atoms with Crippen LogP contribution in [0.2, 0.25) is 0 Å². The molecule has 1 aliphatic carbocycles. The number of hydrogen-bond acceptors (Lipinski definition) is 3. The minimum Gasteiger partial charge on any atom is -0.337 e. The van der Waals surface area contributed by atoms with Crippen molar-refractivity contribution in [3.05, 3.63) is 75.8 Å². The second-order valence-corrected chi connectivity index (χ2v) is 7.18. The SMILES string of the molecule is Cc1nc2ccccc2c(=O)n1CC(=O)N(C)[C@@H]1CCCc2ccccc21. The molecule has 0 N–H and O–H groups in total. The van der Waals surface area contributed by atoms with Crippen LogP contribution in [0, 0.1) is 6.92 Å². The Hall–Kier alpha value is -2.95. The maximum Gasteiger partial charge on any atom is 0.261 e. The molecule has 4 rings (SSSR count). The van der Waals surface area contributed by atoms with Crippen LogP contribution in [-0.2, 0) is 17.8 Å². The molecule has 1 heterocycles. The molecular formula is C22H23N3O2. The van der Waals surface area contributed by atoms with Gasteiger partial charge in [0.05, 0.1) is 16.9 Å². The van der Waals surface area contributed by atoms with Crippen molar-refractivity contribution in [1.82, 2.24) is 14.5 Å². The van der Waals surface area contributed by atoms with Gasteiger partial charge in [0.25, 0.3) is 5.56 Å². The number of para-hydroxylation sites is 1. The third kappa shape index (κ3) is 3.14. The number of carbonyl (C=O) groups excluding carboxylic acids is 1. The maximum absolute atomic E-state index is 13.0. The van der Waals surface area contributed by atoms with Gasteiger partial charge in [0.1, 0.15) is 12.4 Å². The Morgan fingerprint density at radius 3 is 2.78 bits per heavy atom. The highest BCUT2D eigenvalue weighted by Gasteiger charge is 2.27. The van der Waals surface area contributed by atoms with Crippen molar-refractivity contribution in [1.29, 1.82) is 0 Å². The lowest BCUT2D eigenvalue weighted by molar-refractivity contribution is -0.133. The standard InChI is InChI=1S/C22H23N3O2/c1-15-23-19-12-6-5-11-18(19)22(27)25(15)14-21(26)24(2)20-13-7-9-16-8-3-4-10-17(16)20/h3-6,8,10-12,20H,7,9,13-14H2,1-2H3/t20-/m1/s1. The predicted molar refractivity (Wildman–Crippen MR) is 106 cm³/mol. The van der Waals surface area contributed by atoms with Gasteiger partial charge in [-0.2, -0.15) is 0 Å². The van der Waals surface area contributed by atoms with E-state index in [0.717, 1.165) is 19.3 Å². The van der Waals surface area contributed by atoms with Gasteiger partial charge in [0.15, 0.2) is 0 Å². The molecule has 0 aliphatic heterocycles. The van der Waals surface area contributed by atoms with Crippen LogP contribution in [-0.4, -0.2) is 27.4 Å². The van der Waals surface area contributed by atoms with Gasteiger partial charge < -0.3 is 4.90 Å². The van der Waals surface area contributed by atoms with Crippen LogP contribution in [0.25, 0.3) is 10.9 Å². The summed E-state index contributed by atoms with van der Waals surface area (Å²) in [7, 11) is 1.84. The highest BCUT2D eigenvalue weighted by molar-refractivity contribution is 5.79. The van der Waals surface area contributed by atoms with E-state index >= 15 is 0 Å². The van der Waals surface area contributed by atoms with Crippen molar-refractivity contribution in [2.45, 2.75) is 38.8 Å². The number of aromatic nitrogens is 2. The number of hydrogen-bond donors (Lipinski definition) is 0. The molecule has 0 unspecified atom stereocenters. The Bertz CT molecular complexity index is 1070. The molecule has 5 heteroatoms. The van der Waals surface area contributed by atoms with E-state index in [1.54, 1.807) is 17.9 Å². The van der Waals surface area contributed by atoms with Crippen molar-refractivity contribution in [2.24, 2.45) is 0 Å². The number of carbonyl (C=O) groups is 1. The third-order valence-corrected chi connectivity index (χ3v) is 5.54. The zero-order chi connectivity index (χ0) is 19.0. The summed E-state index contributed by atoms with van der Waals surface area (Å²) in [5, 5.41) is 0.543. The van der Waals surface area contributed by atoms with Gasteiger partial charge in [-0.1, -0.05) is 36.4 Å². The Labute approximate surface area is 158 Å². The summed E-state index contributed by atoms with van der Waals surface area (Å²) in [5.74, 6) is 0.489. The monoisotopic (exact) mass is 361 g/mol. The molecule has 0 spiro atoms. The summed E-state index contributed by atoms with van der Waals surface area (Å²) in [5.41, 5.74) is 3.04. The first-order chi connectivity index (χ1) is 13.1.